The van der Waals surface area contributed by atoms with Crippen molar-refractivity contribution in [2.24, 2.45) is 0 Å². The van der Waals surface area contributed by atoms with Gasteiger partial charge in [0.1, 0.15) is 23.4 Å². The first kappa shape index (κ1) is 21.4. The Labute approximate surface area is 192 Å². The Morgan fingerprint density at radius 3 is 2.67 bits per heavy atom. The quantitative estimate of drug-likeness (QED) is 0.489. The van der Waals surface area contributed by atoms with Crippen LogP contribution in [-0.2, 0) is 11.3 Å². The topological polar surface area (TPSA) is 45.6 Å². The Bertz CT molecular complexity index is 1230. The Morgan fingerprint density at radius 1 is 1.20 bits per heavy atom. The summed E-state index contributed by atoms with van der Waals surface area (Å²) in [5, 5.41) is 0.907. The summed E-state index contributed by atoms with van der Waals surface area (Å²) in [6.45, 7) is 6.76. The number of nitrogens with zero attached hydrogens (tertiary/aromatic N) is 3. The van der Waals surface area contributed by atoms with Crippen LogP contribution in [0.4, 0.5) is 5.69 Å². The van der Waals surface area contributed by atoms with Crippen molar-refractivity contribution in [2.45, 2.75) is 31.2 Å². The molecule has 1 amide bonds. The van der Waals surface area contributed by atoms with E-state index in [0.717, 1.165) is 28.5 Å². The van der Waals surface area contributed by atoms with Crippen molar-refractivity contribution in [3.8, 4) is 0 Å². The third-order valence-corrected chi connectivity index (χ3v) is 9.03. The van der Waals surface area contributed by atoms with Crippen LogP contribution in [0.15, 0.2) is 46.6 Å². The highest BCUT2D eigenvalue weighted by molar-refractivity contribution is 8.30. The number of benzene rings is 1. The maximum atomic E-state index is 13.4. The fourth-order valence-corrected chi connectivity index (χ4v) is 7.25. The molecule has 2 aliphatic rings. The molecule has 3 heterocycles. The van der Waals surface area contributed by atoms with Crippen LogP contribution >= 0.6 is 47.1 Å². The highest BCUT2D eigenvalue weighted by atomic mass is 32.2. The van der Waals surface area contributed by atoms with E-state index in [0.29, 0.717) is 31.5 Å². The number of rotatable bonds is 5. The average Bonchev–Trinajstić information content (AvgIpc) is 3.34. The van der Waals surface area contributed by atoms with Gasteiger partial charge in [-0.25, -0.2) is 0 Å². The van der Waals surface area contributed by atoms with E-state index in [1.807, 2.05) is 19.2 Å². The molecule has 1 fully saturated rings. The number of thiazole rings is 1. The molecule has 2 aromatic rings. The number of aromatic nitrogens is 1. The lowest BCUT2D eigenvalue weighted by Crippen LogP contribution is -2.35. The summed E-state index contributed by atoms with van der Waals surface area (Å²) in [4.78, 5) is 31.7. The summed E-state index contributed by atoms with van der Waals surface area (Å²) < 4.78 is 3.63. The fourth-order valence-electron chi connectivity index (χ4n) is 3.35. The normalized spacial score (nSPS) is 19.7. The van der Waals surface area contributed by atoms with E-state index >= 15 is 0 Å². The van der Waals surface area contributed by atoms with Crippen molar-refractivity contribution < 1.29 is 4.79 Å². The molecular weight excluding hydrogens is 455 g/mol. The van der Waals surface area contributed by atoms with Crippen molar-refractivity contribution in [3.05, 3.63) is 56.5 Å². The molecule has 1 aromatic heterocycles. The van der Waals surface area contributed by atoms with E-state index in [1.54, 1.807) is 22.4 Å². The van der Waals surface area contributed by atoms with E-state index in [2.05, 4.69) is 30.5 Å². The van der Waals surface area contributed by atoms with Gasteiger partial charge in [-0.1, -0.05) is 67.3 Å². The third-order valence-electron chi connectivity index (χ3n) is 4.91. The van der Waals surface area contributed by atoms with Crippen molar-refractivity contribution in [3.63, 3.8) is 0 Å². The average molecular weight is 476 g/mol. The second kappa shape index (κ2) is 8.74. The molecule has 0 N–H and O–H groups in total. The number of amides is 1. The first-order valence-corrected chi connectivity index (χ1v) is 12.5. The molecule has 30 heavy (non-hydrogen) atoms. The molecule has 5 nitrogen and oxygen atoms in total. The predicted octanol–water partition coefficient (Wildman–Crippen LogP) is 3.17. The second-order valence-corrected chi connectivity index (χ2v) is 10.6. The second-order valence-electron chi connectivity index (χ2n) is 6.88. The van der Waals surface area contributed by atoms with Crippen LogP contribution < -0.4 is 19.7 Å². The van der Waals surface area contributed by atoms with E-state index in [-0.39, 0.29) is 11.5 Å². The number of carbonyl (C=O) groups excluding carboxylic acids is 1. The van der Waals surface area contributed by atoms with Crippen LogP contribution in [0.2, 0.25) is 0 Å². The zero-order valence-corrected chi connectivity index (χ0v) is 20.0. The van der Waals surface area contributed by atoms with Gasteiger partial charge in [-0.2, -0.15) is 0 Å². The standard InChI is InChI=1S/C21H21N3O2S4/c1-4-6-12-23-17(25)15(19-22(3)13-9-7-8-10-14(13)28-19)29-20(23)16-18(26)24(11-5-2)21(27)30-16/h5,7-10H,2,4,6,11-12H2,1,3H3. The summed E-state index contributed by atoms with van der Waals surface area (Å²) in [6, 6.07) is 8.11. The SMILES string of the molecule is C=CCN1C(=O)C(=c2sc(=C3Sc4ccccc4N3C)c(=O)n2CCCC)SC1=S. The summed E-state index contributed by atoms with van der Waals surface area (Å²) in [6.07, 6.45) is 3.49. The molecule has 0 saturated carbocycles. The van der Waals surface area contributed by atoms with Gasteiger partial charge in [0.25, 0.3) is 11.5 Å². The Balaban J connectivity index is 1.95. The molecule has 1 saturated heterocycles. The first-order valence-electron chi connectivity index (χ1n) is 9.61. The lowest BCUT2D eigenvalue weighted by Gasteiger charge is -2.11. The molecule has 0 spiro atoms. The number of fused-ring (bicyclic) bond motifs is 1. The largest absolute Gasteiger partial charge is 0.337 e. The van der Waals surface area contributed by atoms with Gasteiger partial charge in [0.2, 0.25) is 0 Å². The number of unbranched alkanes of at least 4 members (excludes halogenated alkanes) is 1. The zero-order chi connectivity index (χ0) is 21.4. The van der Waals surface area contributed by atoms with Gasteiger partial charge >= 0.3 is 0 Å². The highest BCUT2D eigenvalue weighted by Gasteiger charge is 2.34. The summed E-state index contributed by atoms with van der Waals surface area (Å²) in [5.74, 6) is -0.149. The number of para-hydroxylation sites is 1. The van der Waals surface area contributed by atoms with Crippen molar-refractivity contribution in [2.75, 3.05) is 18.5 Å². The van der Waals surface area contributed by atoms with Gasteiger partial charge in [-0.15, -0.1) is 17.9 Å². The highest BCUT2D eigenvalue weighted by Crippen LogP contribution is 2.45. The van der Waals surface area contributed by atoms with Crippen molar-refractivity contribution in [1.29, 1.82) is 0 Å². The number of thiocarbonyl (C=S) groups is 1. The summed E-state index contributed by atoms with van der Waals surface area (Å²) in [5.41, 5.74) is 1.05. The molecule has 0 bridgehead atoms. The molecule has 156 valence electrons. The van der Waals surface area contributed by atoms with E-state index in [9.17, 15) is 9.59 Å². The molecule has 0 unspecified atom stereocenters. The first-order chi connectivity index (χ1) is 14.5. The molecular formula is C21H21N3O2S4. The molecule has 9 heteroatoms. The lowest BCUT2D eigenvalue weighted by molar-refractivity contribution is -0.120. The fraction of sp³-hybridized carbons (Fsp3) is 0.286. The van der Waals surface area contributed by atoms with Crippen LogP contribution in [0.5, 0.6) is 0 Å². The van der Waals surface area contributed by atoms with Crippen molar-refractivity contribution >= 4 is 72.9 Å². The molecule has 0 aliphatic carbocycles. The van der Waals surface area contributed by atoms with Crippen LogP contribution in [0, 0.1) is 0 Å². The molecule has 0 atom stereocenters. The number of thioether (sulfide) groups is 2. The molecule has 2 aliphatic heterocycles. The van der Waals surface area contributed by atoms with Crippen LogP contribution in [0.1, 0.15) is 19.8 Å². The Morgan fingerprint density at radius 2 is 1.97 bits per heavy atom. The number of hydrogen-bond donors (Lipinski definition) is 0. The Hall–Kier alpha value is -1.81. The number of anilines is 1. The van der Waals surface area contributed by atoms with E-state index < -0.39 is 0 Å². The maximum absolute atomic E-state index is 13.4. The minimum absolute atomic E-state index is 0.0420. The maximum Gasteiger partial charge on any atom is 0.271 e. The van der Waals surface area contributed by atoms with Gasteiger partial charge in [0.05, 0.1) is 5.69 Å². The van der Waals surface area contributed by atoms with Crippen LogP contribution in [-0.4, -0.2) is 33.3 Å². The van der Waals surface area contributed by atoms with Gasteiger partial charge in [0.15, 0.2) is 0 Å². The monoisotopic (exact) mass is 475 g/mol. The molecule has 4 rings (SSSR count). The Kier molecular flexibility index (Phi) is 6.24. The predicted molar refractivity (Wildman–Crippen MR) is 132 cm³/mol. The summed E-state index contributed by atoms with van der Waals surface area (Å²) >= 11 is 9.67. The van der Waals surface area contributed by atoms with Gasteiger partial charge in [0, 0.05) is 25.0 Å². The van der Waals surface area contributed by atoms with Gasteiger partial charge < -0.3 is 4.90 Å². The molecule has 0 radical (unpaired) electrons. The number of carbonyl (C=O) groups is 1. The minimum Gasteiger partial charge on any atom is -0.337 e. The zero-order valence-electron chi connectivity index (χ0n) is 16.7. The van der Waals surface area contributed by atoms with Crippen LogP contribution in [0.25, 0.3) is 9.93 Å². The van der Waals surface area contributed by atoms with E-state index in [1.165, 1.54) is 28.0 Å². The lowest BCUT2D eigenvalue weighted by atomic mass is 10.3. The van der Waals surface area contributed by atoms with Gasteiger partial charge in [-0.3, -0.25) is 19.1 Å². The summed E-state index contributed by atoms with van der Waals surface area (Å²) in [7, 11) is 1.98. The smallest absolute Gasteiger partial charge is 0.271 e. The number of hydrogen-bond acceptors (Lipinski definition) is 7. The van der Waals surface area contributed by atoms with Crippen molar-refractivity contribution in [1.82, 2.24) is 9.47 Å². The van der Waals surface area contributed by atoms with Gasteiger partial charge in [-0.05, 0) is 18.6 Å². The molecule has 1 aromatic carbocycles. The van der Waals surface area contributed by atoms with E-state index in [4.69, 9.17) is 12.2 Å². The third kappa shape index (κ3) is 3.57. The minimum atomic E-state index is -0.149. The van der Waals surface area contributed by atoms with Crippen LogP contribution in [0.3, 0.4) is 0 Å².